The lowest BCUT2D eigenvalue weighted by molar-refractivity contribution is 0.423. The fourth-order valence-electron chi connectivity index (χ4n) is 1.85. The highest BCUT2D eigenvalue weighted by atomic mass is 32.2. The van der Waals surface area contributed by atoms with Crippen molar-refractivity contribution in [2.75, 3.05) is 12.3 Å². The summed E-state index contributed by atoms with van der Waals surface area (Å²) in [5, 5.41) is 3.14. The Morgan fingerprint density at radius 1 is 1.31 bits per heavy atom. The van der Waals surface area contributed by atoms with Crippen molar-refractivity contribution in [1.82, 2.24) is 15.3 Å². The van der Waals surface area contributed by atoms with Gasteiger partial charge in [-0.1, -0.05) is 6.42 Å². The van der Waals surface area contributed by atoms with Gasteiger partial charge in [0.05, 0.1) is 5.75 Å². The van der Waals surface area contributed by atoms with E-state index in [4.69, 9.17) is 0 Å². The number of nitrogens with one attached hydrogen (secondary N) is 1. The van der Waals surface area contributed by atoms with E-state index in [2.05, 4.69) is 15.3 Å². The maximum Gasteiger partial charge on any atom is 0.247 e. The largest absolute Gasteiger partial charge is 0.313 e. The molecule has 1 saturated heterocycles. The van der Waals surface area contributed by atoms with Gasteiger partial charge in [-0.2, -0.15) is 0 Å². The average Bonchev–Trinajstić information content (AvgIpc) is 2.31. The van der Waals surface area contributed by atoms with Crippen LogP contribution >= 0.6 is 0 Å². The maximum absolute atomic E-state index is 11.9. The number of hydrogen-bond acceptors (Lipinski definition) is 5. The van der Waals surface area contributed by atoms with E-state index in [9.17, 15) is 8.42 Å². The smallest absolute Gasteiger partial charge is 0.247 e. The van der Waals surface area contributed by atoms with Gasteiger partial charge >= 0.3 is 0 Å². The Kier molecular flexibility index (Phi) is 3.50. The van der Waals surface area contributed by atoms with Crippen LogP contribution in [0.1, 0.15) is 19.3 Å². The van der Waals surface area contributed by atoms with Gasteiger partial charge in [0.15, 0.2) is 0 Å². The lowest BCUT2D eigenvalue weighted by Gasteiger charge is -2.22. The van der Waals surface area contributed by atoms with Crippen molar-refractivity contribution in [3.8, 4) is 0 Å². The van der Waals surface area contributed by atoms with Gasteiger partial charge in [-0.25, -0.2) is 18.4 Å². The van der Waals surface area contributed by atoms with Crippen molar-refractivity contribution in [2.24, 2.45) is 0 Å². The summed E-state index contributed by atoms with van der Waals surface area (Å²) in [5.41, 5.74) is 0. The second kappa shape index (κ2) is 4.88. The molecule has 1 fully saturated rings. The molecular weight excluding hydrogens is 226 g/mol. The lowest BCUT2D eigenvalue weighted by Crippen LogP contribution is -2.39. The molecular formula is C10H15N3O2S. The number of piperidine rings is 1. The van der Waals surface area contributed by atoms with Crippen molar-refractivity contribution in [2.45, 2.75) is 30.5 Å². The van der Waals surface area contributed by atoms with Crippen LogP contribution in [-0.4, -0.2) is 36.7 Å². The Morgan fingerprint density at radius 3 is 2.69 bits per heavy atom. The van der Waals surface area contributed by atoms with E-state index in [0.717, 1.165) is 25.8 Å². The minimum absolute atomic E-state index is 0.0440. The molecule has 1 N–H and O–H groups in total. The molecule has 1 aromatic rings. The molecule has 0 unspecified atom stereocenters. The minimum Gasteiger partial charge on any atom is -0.313 e. The molecule has 2 heterocycles. The van der Waals surface area contributed by atoms with Crippen LogP contribution in [0.2, 0.25) is 0 Å². The van der Waals surface area contributed by atoms with Crippen LogP contribution in [0.5, 0.6) is 0 Å². The first-order chi connectivity index (χ1) is 7.68. The van der Waals surface area contributed by atoms with Crippen LogP contribution in [0.4, 0.5) is 0 Å². The van der Waals surface area contributed by atoms with Gasteiger partial charge in [0.2, 0.25) is 15.0 Å². The van der Waals surface area contributed by atoms with E-state index in [1.807, 2.05) is 0 Å². The molecule has 0 aromatic carbocycles. The SMILES string of the molecule is O=S(=O)(C[C@H]1CCCCN1)c1ncccn1. The summed E-state index contributed by atoms with van der Waals surface area (Å²) in [6.07, 6.45) is 6.02. The van der Waals surface area contributed by atoms with E-state index in [0.29, 0.717) is 0 Å². The van der Waals surface area contributed by atoms with Crippen LogP contribution in [0, 0.1) is 0 Å². The monoisotopic (exact) mass is 241 g/mol. The number of aromatic nitrogens is 2. The van der Waals surface area contributed by atoms with E-state index in [-0.39, 0.29) is 17.0 Å². The highest BCUT2D eigenvalue weighted by Gasteiger charge is 2.24. The van der Waals surface area contributed by atoms with Crippen LogP contribution in [0.25, 0.3) is 0 Å². The number of nitrogens with zero attached hydrogens (tertiary/aromatic N) is 2. The third kappa shape index (κ3) is 2.76. The standard InChI is InChI=1S/C10H15N3O2S/c14-16(15,10-12-6-3-7-13-10)8-9-4-1-2-5-11-9/h3,6-7,9,11H,1-2,4-5,8H2/t9-/m1/s1. The second-order valence-electron chi connectivity index (χ2n) is 3.96. The summed E-state index contributed by atoms with van der Waals surface area (Å²) in [5.74, 6) is 0.0943. The van der Waals surface area contributed by atoms with Gasteiger partial charge in [-0.3, -0.25) is 0 Å². The predicted octanol–water partition coefficient (Wildman–Crippen LogP) is 0.392. The van der Waals surface area contributed by atoms with Crippen LogP contribution < -0.4 is 5.32 Å². The first-order valence-electron chi connectivity index (χ1n) is 5.42. The van der Waals surface area contributed by atoms with Gasteiger partial charge in [0, 0.05) is 18.4 Å². The minimum atomic E-state index is -3.34. The van der Waals surface area contributed by atoms with E-state index in [1.165, 1.54) is 12.4 Å². The molecule has 1 aromatic heterocycles. The van der Waals surface area contributed by atoms with E-state index in [1.54, 1.807) is 6.07 Å². The van der Waals surface area contributed by atoms with Crippen molar-refractivity contribution < 1.29 is 8.42 Å². The lowest BCUT2D eigenvalue weighted by atomic mass is 10.1. The first kappa shape index (κ1) is 11.5. The van der Waals surface area contributed by atoms with Gasteiger partial charge in [-0.05, 0) is 25.5 Å². The Labute approximate surface area is 95.2 Å². The molecule has 88 valence electrons. The zero-order valence-corrected chi connectivity index (χ0v) is 9.78. The van der Waals surface area contributed by atoms with Gasteiger partial charge in [0.25, 0.3) is 0 Å². The summed E-state index contributed by atoms with van der Waals surface area (Å²) < 4.78 is 23.9. The molecule has 0 spiro atoms. The molecule has 2 rings (SSSR count). The van der Waals surface area contributed by atoms with E-state index >= 15 is 0 Å². The molecule has 1 atom stereocenters. The summed E-state index contributed by atoms with van der Waals surface area (Å²) >= 11 is 0. The number of sulfone groups is 1. The molecule has 5 nitrogen and oxygen atoms in total. The third-order valence-corrected chi connectivity index (χ3v) is 4.26. The Bertz CT molecular complexity index is 427. The fourth-order valence-corrected chi connectivity index (χ4v) is 3.26. The Hall–Kier alpha value is -1.01. The molecule has 6 heteroatoms. The highest BCUT2D eigenvalue weighted by Crippen LogP contribution is 2.12. The second-order valence-corrected chi connectivity index (χ2v) is 5.89. The molecule has 0 aliphatic carbocycles. The Balaban J connectivity index is 2.08. The normalized spacial score (nSPS) is 21.9. The van der Waals surface area contributed by atoms with Crippen LogP contribution in [0.15, 0.2) is 23.6 Å². The molecule has 1 aliphatic rings. The quantitative estimate of drug-likeness (QED) is 0.775. The molecule has 0 radical (unpaired) electrons. The highest BCUT2D eigenvalue weighted by molar-refractivity contribution is 7.91. The number of hydrogen-bond donors (Lipinski definition) is 1. The Morgan fingerprint density at radius 2 is 2.06 bits per heavy atom. The molecule has 0 saturated carbocycles. The summed E-state index contributed by atoms with van der Waals surface area (Å²) in [7, 11) is -3.34. The van der Waals surface area contributed by atoms with Gasteiger partial charge in [-0.15, -0.1) is 0 Å². The van der Waals surface area contributed by atoms with Crippen LogP contribution in [-0.2, 0) is 9.84 Å². The summed E-state index contributed by atoms with van der Waals surface area (Å²) in [4.78, 5) is 7.58. The van der Waals surface area contributed by atoms with Crippen molar-refractivity contribution >= 4 is 9.84 Å². The molecule has 0 bridgehead atoms. The first-order valence-corrected chi connectivity index (χ1v) is 7.07. The zero-order valence-electron chi connectivity index (χ0n) is 8.96. The molecule has 0 amide bonds. The predicted molar refractivity (Wildman–Crippen MR) is 59.7 cm³/mol. The topological polar surface area (TPSA) is 72.0 Å². The zero-order chi connectivity index (χ0) is 11.4. The fraction of sp³-hybridized carbons (Fsp3) is 0.600. The van der Waals surface area contributed by atoms with Gasteiger partial charge in [0.1, 0.15) is 0 Å². The molecule has 1 aliphatic heterocycles. The van der Waals surface area contributed by atoms with E-state index < -0.39 is 9.84 Å². The average molecular weight is 241 g/mol. The van der Waals surface area contributed by atoms with Gasteiger partial charge < -0.3 is 5.32 Å². The van der Waals surface area contributed by atoms with Crippen molar-refractivity contribution in [1.29, 1.82) is 0 Å². The summed E-state index contributed by atoms with van der Waals surface area (Å²) in [6.45, 7) is 0.899. The summed E-state index contributed by atoms with van der Waals surface area (Å²) in [6, 6.07) is 1.65. The van der Waals surface area contributed by atoms with Crippen molar-refractivity contribution in [3.63, 3.8) is 0 Å². The van der Waals surface area contributed by atoms with Crippen LogP contribution in [0.3, 0.4) is 0 Å². The maximum atomic E-state index is 11.9. The third-order valence-electron chi connectivity index (χ3n) is 2.65. The van der Waals surface area contributed by atoms with Crippen molar-refractivity contribution in [3.05, 3.63) is 18.5 Å². The molecule has 16 heavy (non-hydrogen) atoms. The number of rotatable bonds is 3.